The Morgan fingerprint density at radius 3 is 2.67 bits per heavy atom. The highest BCUT2D eigenvalue weighted by atomic mass is 15.1. The molecule has 1 rings (SSSR count). The van der Waals surface area contributed by atoms with Crippen molar-refractivity contribution in [1.82, 2.24) is 10.2 Å². The zero-order valence-electron chi connectivity index (χ0n) is 8.05. The molecule has 0 atom stereocenters. The lowest BCUT2D eigenvalue weighted by molar-refractivity contribution is 0.217. The lowest BCUT2D eigenvalue weighted by Gasteiger charge is -2.31. The maximum Gasteiger partial charge on any atom is 0.0160 e. The van der Waals surface area contributed by atoms with Crippen LogP contribution in [0.15, 0.2) is 12.7 Å². The molecule has 12 heavy (non-hydrogen) atoms. The van der Waals surface area contributed by atoms with E-state index in [0.29, 0.717) is 0 Å². The monoisotopic (exact) mass is 168 g/mol. The summed E-state index contributed by atoms with van der Waals surface area (Å²) in [7, 11) is 0. The molecule has 0 aromatic rings. The molecule has 0 amide bonds. The van der Waals surface area contributed by atoms with Crippen molar-refractivity contribution in [3.05, 3.63) is 12.7 Å². The van der Waals surface area contributed by atoms with Gasteiger partial charge in [-0.3, -0.25) is 4.90 Å². The fourth-order valence-corrected chi connectivity index (χ4v) is 1.79. The van der Waals surface area contributed by atoms with Crippen LogP contribution in [0.1, 0.15) is 19.8 Å². The molecule has 1 fully saturated rings. The van der Waals surface area contributed by atoms with E-state index in [1.165, 1.54) is 25.9 Å². The summed E-state index contributed by atoms with van der Waals surface area (Å²) in [6.07, 6.45) is 4.58. The number of piperidine rings is 1. The summed E-state index contributed by atoms with van der Waals surface area (Å²) in [6.45, 7) is 10.5. The number of hydrogen-bond donors (Lipinski definition) is 1. The first-order valence-electron chi connectivity index (χ1n) is 4.93. The second-order valence-electron chi connectivity index (χ2n) is 3.42. The molecule has 1 aliphatic heterocycles. The number of nitrogens with zero attached hydrogens (tertiary/aromatic N) is 1. The summed E-state index contributed by atoms with van der Waals surface area (Å²) in [6, 6.07) is 0.760. The van der Waals surface area contributed by atoms with E-state index in [1.54, 1.807) is 0 Å². The average molecular weight is 168 g/mol. The van der Waals surface area contributed by atoms with Gasteiger partial charge >= 0.3 is 0 Å². The summed E-state index contributed by atoms with van der Waals surface area (Å²) in [5.41, 5.74) is 0. The van der Waals surface area contributed by atoms with Gasteiger partial charge in [-0.05, 0) is 32.5 Å². The van der Waals surface area contributed by atoms with E-state index < -0.39 is 0 Å². The summed E-state index contributed by atoms with van der Waals surface area (Å²) < 4.78 is 0. The zero-order valence-corrected chi connectivity index (χ0v) is 8.05. The minimum Gasteiger partial charge on any atom is -0.314 e. The Morgan fingerprint density at radius 2 is 2.17 bits per heavy atom. The first-order valence-corrected chi connectivity index (χ1v) is 4.93. The number of hydrogen-bond acceptors (Lipinski definition) is 2. The van der Waals surface area contributed by atoms with Crippen molar-refractivity contribution in [3.63, 3.8) is 0 Å². The Morgan fingerprint density at radius 1 is 1.50 bits per heavy atom. The van der Waals surface area contributed by atoms with Crippen molar-refractivity contribution >= 4 is 0 Å². The molecule has 0 unspecified atom stereocenters. The molecule has 0 aromatic heterocycles. The molecule has 1 heterocycles. The van der Waals surface area contributed by atoms with Gasteiger partial charge in [-0.15, -0.1) is 6.58 Å². The SMILES string of the molecule is C=CCN1CCC(NCC)CC1. The molecular weight excluding hydrogens is 148 g/mol. The third kappa shape index (κ3) is 2.95. The Balaban J connectivity index is 2.15. The van der Waals surface area contributed by atoms with Gasteiger partial charge in [-0.2, -0.15) is 0 Å². The van der Waals surface area contributed by atoms with E-state index in [2.05, 4.69) is 23.7 Å². The molecule has 2 heteroatoms. The van der Waals surface area contributed by atoms with Gasteiger partial charge in [-0.1, -0.05) is 13.0 Å². The average Bonchev–Trinajstić information content (AvgIpc) is 2.09. The minimum atomic E-state index is 0.760. The van der Waals surface area contributed by atoms with E-state index in [9.17, 15) is 0 Å². The molecule has 70 valence electrons. The lowest BCUT2D eigenvalue weighted by Crippen LogP contribution is -2.42. The van der Waals surface area contributed by atoms with Crippen molar-refractivity contribution in [2.75, 3.05) is 26.2 Å². The van der Waals surface area contributed by atoms with Crippen molar-refractivity contribution in [2.45, 2.75) is 25.8 Å². The topological polar surface area (TPSA) is 15.3 Å². The van der Waals surface area contributed by atoms with E-state index in [4.69, 9.17) is 0 Å². The first kappa shape index (κ1) is 9.75. The predicted molar refractivity (Wildman–Crippen MR) is 53.3 cm³/mol. The van der Waals surface area contributed by atoms with Crippen LogP contribution < -0.4 is 5.32 Å². The first-order chi connectivity index (χ1) is 5.86. The fraction of sp³-hybridized carbons (Fsp3) is 0.800. The normalized spacial score (nSPS) is 21.1. The number of likely N-dealkylation sites (tertiary alicyclic amines) is 1. The van der Waals surface area contributed by atoms with Crippen LogP contribution in [0.4, 0.5) is 0 Å². The Kier molecular flexibility index (Phi) is 4.33. The summed E-state index contributed by atoms with van der Waals surface area (Å²) in [4.78, 5) is 2.46. The van der Waals surface area contributed by atoms with Crippen LogP contribution in [-0.4, -0.2) is 37.1 Å². The van der Waals surface area contributed by atoms with Crippen LogP contribution in [0.3, 0.4) is 0 Å². The van der Waals surface area contributed by atoms with Crippen LogP contribution in [0.2, 0.25) is 0 Å². The molecule has 0 aliphatic carbocycles. The molecule has 0 bridgehead atoms. The third-order valence-corrected chi connectivity index (χ3v) is 2.47. The molecular formula is C10H20N2. The fourth-order valence-electron chi connectivity index (χ4n) is 1.79. The molecule has 0 aromatic carbocycles. The lowest BCUT2D eigenvalue weighted by atomic mass is 10.1. The Bertz CT molecular complexity index is 126. The van der Waals surface area contributed by atoms with Crippen molar-refractivity contribution < 1.29 is 0 Å². The maximum absolute atomic E-state index is 3.75. The van der Waals surface area contributed by atoms with E-state index >= 15 is 0 Å². The minimum absolute atomic E-state index is 0.760. The smallest absolute Gasteiger partial charge is 0.0160 e. The summed E-state index contributed by atoms with van der Waals surface area (Å²) in [5, 5.41) is 3.49. The zero-order chi connectivity index (χ0) is 8.81. The Hall–Kier alpha value is -0.340. The molecule has 1 saturated heterocycles. The van der Waals surface area contributed by atoms with Gasteiger partial charge in [0.15, 0.2) is 0 Å². The van der Waals surface area contributed by atoms with E-state index in [1.807, 2.05) is 6.08 Å². The third-order valence-electron chi connectivity index (χ3n) is 2.47. The highest BCUT2D eigenvalue weighted by Gasteiger charge is 2.16. The molecule has 2 nitrogen and oxygen atoms in total. The largest absolute Gasteiger partial charge is 0.314 e. The van der Waals surface area contributed by atoms with Gasteiger partial charge in [0.1, 0.15) is 0 Å². The molecule has 1 aliphatic rings. The second-order valence-corrected chi connectivity index (χ2v) is 3.42. The number of rotatable bonds is 4. The van der Waals surface area contributed by atoms with Gasteiger partial charge in [-0.25, -0.2) is 0 Å². The van der Waals surface area contributed by atoms with Crippen LogP contribution >= 0.6 is 0 Å². The van der Waals surface area contributed by atoms with Gasteiger partial charge in [0, 0.05) is 12.6 Å². The van der Waals surface area contributed by atoms with Crippen LogP contribution in [-0.2, 0) is 0 Å². The van der Waals surface area contributed by atoms with Crippen LogP contribution in [0.25, 0.3) is 0 Å². The Labute approximate surface area is 75.6 Å². The highest BCUT2D eigenvalue weighted by molar-refractivity contribution is 4.81. The number of nitrogens with one attached hydrogen (secondary N) is 1. The van der Waals surface area contributed by atoms with Crippen LogP contribution in [0.5, 0.6) is 0 Å². The second kappa shape index (κ2) is 5.33. The van der Waals surface area contributed by atoms with Crippen molar-refractivity contribution in [2.24, 2.45) is 0 Å². The quantitative estimate of drug-likeness (QED) is 0.635. The molecule has 0 saturated carbocycles. The van der Waals surface area contributed by atoms with E-state index in [0.717, 1.165) is 19.1 Å². The van der Waals surface area contributed by atoms with Gasteiger partial charge in [0.25, 0.3) is 0 Å². The van der Waals surface area contributed by atoms with Crippen molar-refractivity contribution in [3.8, 4) is 0 Å². The molecule has 0 spiro atoms. The van der Waals surface area contributed by atoms with Crippen molar-refractivity contribution in [1.29, 1.82) is 0 Å². The van der Waals surface area contributed by atoms with Crippen LogP contribution in [0, 0.1) is 0 Å². The standard InChI is InChI=1S/C10H20N2/c1-3-7-12-8-5-10(6-9-12)11-4-2/h3,10-11H,1,4-9H2,2H3. The predicted octanol–water partition coefficient (Wildman–Crippen LogP) is 1.25. The molecule has 0 radical (unpaired) electrons. The molecule has 1 N–H and O–H groups in total. The maximum atomic E-state index is 3.75. The van der Waals surface area contributed by atoms with E-state index in [-0.39, 0.29) is 0 Å². The van der Waals surface area contributed by atoms with Gasteiger partial charge < -0.3 is 5.32 Å². The summed E-state index contributed by atoms with van der Waals surface area (Å²) >= 11 is 0. The van der Waals surface area contributed by atoms with Gasteiger partial charge in [0.05, 0.1) is 0 Å². The summed E-state index contributed by atoms with van der Waals surface area (Å²) in [5.74, 6) is 0. The van der Waals surface area contributed by atoms with Gasteiger partial charge in [0.2, 0.25) is 0 Å². The highest BCUT2D eigenvalue weighted by Crippen LogP contribution is 2.09.